The number of hydrogen-bond acceptors (Lipinski definition) is 6. The minimum Gasteiger partial charge on any atom is -0.379 e. The number of nitrogens with zero attached hydrogens (tertiary/aromatic N) is 5. The highest BCUT2D eigenvalue weighted by atomic mass is 79.9. The van der Waals surface area contributed by atoms with Gasteiger partial charge in [0.25, 0.3) is 5.56 Å². The fourth-order valence-corrected chi connectivity index (χ4v) is 3.64. The highest BCUT2D eigenvalue weighted by Crippen LogP contribution is 2.17. The molecule has 2 aromatic heterocycles. The van der Waals surface area contributed by atoms with Crippen molar-refractivity contribution in [3.8, 4) is 0 Å². The van der Waals surface area contributed by atoms with Crippen LogP contribution < -0.4 is 10.9 Å². The smallest absolute Gasteiger partial charge is 0.266 e. The van der Waals surface area contributed by atoms with Gasteiger partial charge in [-0.2, -0.15) is 5.10 Å². The van der Waals surface area contributed by atoms with Crippen LogP contribution in [0.5, 0.6) is 0 Å². The Labute approximate surface area is 159 Å². The summed E-state index contributed by atoms with van der Waals surface area (Å²) in [7, 11) is 1.71. The van der Waals surface area contributed by atoms with Gasteiger partial charge in [-0.15, -0.1) is 0 Å². The minimum atomic E-state index is -0.294. The summed E-state index contributed by atoms with van der Waals surface area (Å²) in [6, 6.07) is 0. The number of ether oxygens (including phenoxy) is 1. The van der Waals surface area contributed by atoms with Crippen molar-refractivity contribution in [2.24, 2.45) is 7.05 Å². The maximum atomic E-state index is 12.6. The summed E-state index contributed by atoms with van der Waals surface area (Å²) in [6.07, 6.45) is 1.38. The van der Waals surface area contributed by atoms with E-state index in [2.05, 4.69) is 50.1 Å². The van der Waals surface area contributed by atoms with Crippen molar-refractivity contribution in [2.75, 3.05) is 32.8 Å². The van der Waals surface area contributed by atoms with Gasteiger partial charge in [-0.25, -0.2) is 9.67 Å². The van der Waals surface area contributed by atoms with Gasteiger partial charge in [0.2, 0.25) is 5.91 Å². The lowest BCUT2D eigenvalue weighted by Crippen LogP contribution is -2.55. The van der Waals surface area contributed by atoms with Crippen molar-refractivity contribution in [1.29, 1.82) is 0 Å². The molecule has 1 N–H and O–H groups in total. The summed E-state index contributed by atoms with van der Waals surface area (Å²) in [5.74, 6) is -0.227. The number of carbonyl (C=O) groups is 1. The summed E-state index contributed by atoms with van der Waals surface area (Å²) < 4.78 is 8.62. The average Bonchev–Trinajstić information content (AvgIpc) is 2.91. The van der Waals surface area contributed by atoms with Crippen molar-refractivity contribution in [3.05, 3.63) is 21.3 Å². The molecule has 3 rings (SSSR count). The Morgan fingerprint density at radius 1 is 1.38 bits per heavy atom. The molecule has 9 nitrogen and oxygen atoms in total. The number of aromatic nitrogens is 4. The second kappa shape index (κ2) is 7.45. The average molecular weight is 427 g/mol. The number of rotatable bonds is 5. The molecular formula is C16H23BrN6O3. The molecule has 1 aliphatic heterocycles. The molecule has 2 aromatic rings. The molecule has 0 spiro atoms. The van der Waals surface area contributed by atoms with Gasteiger partial charge in [0.15, 0.2) is 5.65 Å². The fourth-order valence-electron chi connectivity index (χ4n) is 3.05. The van der Waals surface area contributed by atoms with Gasteiger partial charge >= 0.3 is 0 Å². The van der Waals surface area contributed by atoms with E-state index in [1.165, 1.54) is 15.6 Å². The molecule has 0 atom stereocenters. The van der Waals surface area contributed by atoms with Gasteiger partial charge in [0.1, 0.15) is 22.9 Å². The number of hydrogen-bond donors (Lipinski definition) is 1. The molecule has 0 radical (unpaired) electrons. The Morgan fingerprint density at radius 3 is 2.77 bits per heavy atom. The maximum Gasteiger partial charge on any atom is 0.266 e. The Balaban J connectivity index is 1.66. The van der Waals surface area contributed by atoms with Crippen LogP contribution in [0.3, 0.4) is 0 Å². The monoisotopic (exact) mass is 426 g/mol. The molecule has 1 saturated heterocycles. The molecule has 0 aliphatic carbocycles. The molecule has 0 bridgehead atoms. The molecule has 1 amide bonds. The van der Waals surface area contributed by atoms with Crippen LogP contribution in [0.15, 0.2) is 15.7 Å². The van der Waals surface area contributed by atoms with Crippen molar-refractivity contribution < 1.29 is 9.53 Å². The number of fused-ring (bicyclic) bond motifs is 1. The molecule has 0 aromatic carbocycles. The summed E-state index contributed by atoms with van der Waals surface area (Å²) in [5.41, 5.74) is 0.00320. The molecule has 0 saturated carbocycles. The zero-order valence-electron chi connectivity index (χ0n) is 15.2. The first-order chi connectivity index (χ1) is 12.3. The van der Waals surface area contributed by atoms with Gasteiger partial charge < -0.3 is 10.1 Å². The molecule has 1 fully saturated rings. The highest BCUT2D eigenvalue weighted by molar-refractivity contribution is 9.10. The molecule has 10 heteroatoms. The molecule has 0 unspecified atom stereocenters. The van der Waals surface area contributed by atoms with E-state index in [9.17, 15) is 9.59 Å². The van der Waals surface area contributed by atoms with E-state index in [0.717, 1.165) is 13.1 Å². The normalized spacial score (nSPS) is 16.2. The van der Waals surface area contributed by atoms with E-state index in [-0.39, 0.29) is 23.6 Å². The third-order valence-electron chi connectivity index (χ3n) is 4.67. The van der Waals surface area contributed by atoms with Gasteiger partial charge in [-0.3, -0.25) is 19.1 Å². The number of nitrogens with one attached hydrogen (secondary N) is 1. The maximum absolute atomic E-state index is 12.6. The van der Waals surface area contributed by atoms with Gasteiger partial charge in [0.05, 0.1) is 13.2 Å². The Morgan fingerprint density at radius 2 is 2.08 bits per heavy atom. The Bertz CT molecular complexity index is 869. The van der Waals surface area contributed by atoms with E-state index < -0.39 is 0 Å². The topological polar surface area (TPSA) is 94.3 Å². The van der Waals surface area contributed by atoms with E-state index >= 15 is 0 Å². The van der Waals surface area contributed by atoms with Gasteiger partial charge in [-0.05, 0) is 29.8 Å². The van der Waals surface area contributed by atoms with E-state index in [1.54, 1.807) is 7.05 Å². The molecular weight excluding hydrogens is 404 g/mol. The van der Waals surface area contributed by atoms with Crippen LogP contribution in [0, 0.1) is 0 Å². The van der Waals surface area contributed by atoms with Crippen molar-refractivity contribution >= 4 is 32.9 Å². The summed E-state index contributed by atoms with van der Waals surface area (Å²) in [5, 5.41) is 7.43. The van der Waals surface area contributed by atoms with Crippen LogP contribution in [0.25, 0.3) is 11.0 Å². The predicted molar refractivity (Wildman–Crippen MR) is 99.9 cm³/mol. The summed E-state index contributed by atoms with van der Waals surface area (Å²) in [6.45, 7) is 7.69. The lowest BCUT2D eigenvalue weighted by Gasteiger charge is -2.40. The first kappa shape index (κ1) is 19.0. The number of halogens is 1. The number of carbonyl (C=O) groups excluding carboxylic acids is 1. The zero-order valence-corrected chi connectivity index (χ0v) is 16.7. The van der Waals surface area contributed by atoms with E-state index in [0.29, 0.717) is 35.4 Å². The predicted octanol–water partition coefficient (Wildman–Crippen LogP) is 0.120. The second-order valence-electron chi connectivity index (χ2n) is 6.98. The fraction of sp³-hybridized carbons (Fsp3) is 0.625. The van der Waals surface area contributed by atoms with E-state index in [4.69, 9.17) is 4.74 Å². The van der Waals surface area contributed by atoms with Crippen molar-refractivity contribution in [2.45, 2.75) is 25.9 Å². The first-order valence-electron chi connectivity index (χ1n) is 8.47. The van der Waals surface area contributed by atoms with Crippen LogP contribution in [0.1, 0.15) is 13.8 Å². The van der Waals surface area contributed by atoms with Crippen molar-refractivity contribution in [1.82, 2.24) is 29.5 Å². The zero-order chi connectivity index (χ0) is 18.9. The van der Waals surface area contributed by atoms with Crippen LogP contribution in [0.2, 0.25) is 0 Å². The number of morpholine rings is 1. The largest absolute Gasteiger partial charge is 0.379 e. The first-order valence-corrected chi connectivity index (χ1v) is 9.26. The third kappa shape index (κ3) is 3.81. The Kier molecular flexibility index (Phi) is 5.44. The highest BCUT2D eigenvalue weighted by Gasteiger charge is 2.28. The van der Waals surface area contributed by atoms with E-state index in [1.807, 2.05) is 0 Å². The number of amides is 1. The lowest BCUT2D eigenvalue weighted by atomic mass is 10.0. The molecule has 26 heavy (non-hydrogen) atoms. The standard InChI is InChI=1S/C16H23BrN6O3/c1-16(2,23-4-6-26-7-5-23)9-18-11(24)8-22-10-19-14-12(15(22)25)13(17)20-21(14)3/h10H,4-9H2,1-3H3,(H,18,24). The lowest BCUT2D eigenvalue weighted by molar-refractivity contribution is -0.122. The second-order valence-corrected chi connectivity index (χ2v) is 7.73. The van der Waals surface area contributed by atoms with Crippen LogP contribution in [-0.2, 0) is 23.1 Å². The third-order valence-corrected chi connectivity index (χ3v) is 5.22. The summed E-state index contributed by atoms with van der Waals surface area (Å²) in [4.78, 5) is 31.5. The molecule has 3 heterocycles. The molecule has 1 aliphatic rings. The number of aryl methyl sites for hydroxylation is 1. The SMILES string of the molecule is Cn1nc(Br)c2c(=O)n(CC(=O)NCC(C)(C)N3CCOCC3)cnc21. The molecule has 142 valence electrons. The van der Waals surface area contributed by atoms with Gasteiger partial charge in [-0.1, -0.05) is 0 Å². The van der Waals surface area contributed by atoms with Gasteiger partial charge in [0, 0.05) is 32.2 Å². The van der Waals surface area contributed by atoms with Crippen molar-refractivity contribution in [3.63, 3.8) is 0 Å². The quantitative estimate of drug-likeness (QED) is 0.729. The van der Waals surface area contributed by atoms with Crippen LogP contribution >= 0.6 is 15.9 Å². The van der Waals surface area contributed by atoms with Crippen LogP contribution in [-0.4, -0.2) is 68.5 Å². The Hall–Kier alpha value is -1.78. The van der Waals surface area contributed by atoms with Crippen LogP contribution in [0.4, 0.5) is 0 Å². The minimum absolute atomic E-state index is 0.0811. The summed E-state index contributed by atoms with van der Waals surface area (Å²) >= 11 is 3.27.